The second-order valence-corrected chi connectivity index (χ2v) is 9.05. The molecule has 2 aromatic carbocycles. The van der Waals surface area contributed by atoms with Crippen LogP contribution in [0.5, 0.6) is 0 Å². The van der Waals surface area contributed by atoms with Gasteiger partial charge in [-0.2, -0.15) is 5.21 Å². The van der Waals surface area contributed by atoms with Crippen LogP contribution in [-0.4, -0.2) is 43.3 Å². The normalized spacial score (nSPS) is 15.5. The van der Waals surface area contributed by atoms with Crippen LogP contribution in [0.4, 0.5) is 0 Å². The van der Waals surface area contributed by atoms with Crippen molar-refractivity contribution in [2.75, 3.05) is 0 Å². The molecule has 1 amide bonds. The van der Waals surface area contributed by atoms with Gasteiger partial charge in [0.25, 0.3) is 0 Å². The summed E-state index contributed by atoms with van der Waals surface area (Å²) in [6, 6.07) is 16.3. The zero-order valence-electron chi connectivity index (χ0n) is 19.5. The van der Waals surface area contributed by atoms with Crippen LogP contribution in [0, 0.1) is 0 Å². The third kappa shape index (κ3) is 5.53. The summed E-state index contributed by atoms with van der Waals surface area (Å²) in [6.07, 6.45) is 8.52. The first-order chi connectivity index (χ1) is 16.1. The highest BCUT2D eigenvalue weighted by atomic mass is 16.1. The maximum atomic E-state index is 12.1. The van der Waals surface area contributed by atoms with Crippen molar-refractivity contribution in [3.63, 3.8) is 0 Å². The zero-order chi connectivity index (χ0) is 23.1. The molecular weight excluding hydrogens is 412 g/mol. The van der Waals surface area contributed by atoms with Crippen molar-refractivity contribution in [2.24, 2.45) is 4.99 Å². The van der Waals surface area contributed by atoms with Crippen LogP contribution in [-0.2, 0) is 11.3 Å². The van der Waals surface area contributed by atoms with E-state index in [1.54, 1.807) is 4.90 Å². The van der Waals surface area contributed by atoms with E-state index in [1.165, 1.54) is 12.8 Å². The second kappa shape index (κ2) is 10.5. The highest BCUT2D eigenvalue weighted by molar-refractivity contribution is 5.91. The van der Waals surface area contributed by atoms with Gasteiger partial charge in [0, 0.05) is 12.0 Å². The lowest BCUT2D eigenvalue weighted by Gasteiger charge is -2.26. The standard InChI is InChI=1S/C26H32N6O/c1-3-4-11-24(27-26(2)16-7-8-17-26)32(19-33)18-20-12-14-21(15-13-20)22-9-5-6-10-23(22)25-28-30-31-29-25/h5-6,9-10,12-15,19H,3-4,7-8,11,16-18H2,1-2H3,(H,28,29,30,31). The molecule has 0 spiro atoms. The Labute approximate surface area is 195 Å². The average molecular weight is 445 g/mol. The summed E-state index contributed by atoms with van der Waals surface area (Å²) in [5.74, 6) is 1.49. The van der Waals surface area contributed by atoms with Gasteiger partial charge < -0.3 is 0 Å². The Morgan fingerprint density at radius 1 is 1.12 bits per heavy atom. The molecule has 0 bridgehead atoms. The maximum Gasteiger partial charge on any atom is 0.215 e. The van der Waals surface area contributed by atoms with Crippen molar-refractivity contribution in [3.8, 4) is 22.5 Å². The second-order valence-electron chi connectivity index (χ2n) is 9.05. The molecule has 1 aliphatic rings. The topological polar surface area (TPSA) is 87.1 Å². The van der Waals surface area contributed by atoms with Gasteiger partial charge in [-0.25, -0.2) is 0 Å². The molecule has 1 N–H and O–H groups in total. The summed E-state index contributed by atoms with van der Waals surface area (Å²) >= 11 is 0. The van der Waals surface area contributed by atoms with Gasteiger partial charge in [0.05, 0.1) is 12.1 Å². The lowest BCUT2D eigenvalue weighted by atomic mass is 9.98. The number of aromatic nitrogens is 4. The van der Waals surface area contributed by atoms with E-state index in [1.807, 2.05) is 18.2 Å². The monoisotopic (exact) mass is 444 g/mol. The summed E-state index contributed by atoms with van der Waals surface area (Å²) in [5, 5.41) is 14.5. The first kappa shape index (κ1) is 22.8. The number of hydrogen-bond donors (Lipinski definition) is 1. The van der Waals surface area contributed by atoms with E-state index in [9.17, 15) is 4.79 Å². The molecule has 0 saturated heterocycles. The molecule has 1 aliphatic carbocycles. The molecule has 0 radical (unpaired) electrons. The van der Waals surface area contributed by atoms with Crippen molar-refractivity contribution >= 4 is 12.2 Å². The number of H-pyrrole nitrogens is 1. The molecular formula is C26H32N6O. The highest BCUT2D eigenvalue weighted by Crippen LogP contribution is 2.34. The highest BCUT2D eigenvalue weighted by Gasteiger charge is 2.29. The number of carbonyl (C=O) groups excluding carboxylic acids is 1. The summed E-state index contributed by atoms with van der Waals surface area (Å²) in [4.78, 5) is 19.0. The Bertz CT molecular complexity index is 1070. The summed E-state index contributed by atoms with van der Waals surface area (Å²) < 4.78 is 0. The quantitative estimate of drug-likeness (QED) is 0.271. The number of unbranched alkanes of at least 4 members (excludes halogenated alkanes) is 1. The van der Waals surface area contributed by atoms with Crippen LogP contribution in [0.2, 0.25) is 0 Å². The number of amidine groups is 1. The number of nitrogens with one attached hydrogen (secondary N) is 1. The third-order valence-electron chi connectivity index (χ3n) is 6.42. The number of carbonyl (C=O) groups is 1. The minimum absolute atomic E-state index is 0.0347. The van der Waals surface area contributed by atoms with Gasteiger partial charge in [0.15, 0.2) is 0 Å². The van der Waals surface area contributed by atoms with Gasteiger partial charge in [-0.1, -0.05) is 74.7 Å². The predicted octanol–water partition coefficient (Wildman–Crippen LogP) is 5.41. The molecule has 0 unspecified atom stereocenters. The molecule has 1 fully saturated rings. The van der Waals surface area contributed by atoms with Crippen LogP contribution in [0.3, 0.4) is 0 Å². The number of nitrogens with zero attached hydrogens (tertiary/aromatic N) is 5. The van der Waals surface area contributed by atoms with E-state index in [0.717, 1.165) is 66.6 Å². The fourth-order valence-corrected chi connectivity index (χ4v) is 4.54. The summed E-state index contributed by atoms with van der Waals surface area (Å²) in [7, 11) is 0. The fraction of sp³-hybridized carbons (Fsp3) is 0.423. The Hall–Kier alpha value is -3.35. The Balaban J connectivity index is 1.55. The number of benzene rings is 2. The molecule has 0 aliphatic heterocycles. The zero-order valence-corrected chi connectivity index (χ0v) is 19.5. The minimum Gasteiger partial charge on any atom is -0.299 e. The minimum atomic E-state index is -0.0347. The number of amides is 1. The fourth-order valence-electron chi connectivity index (χ4n) is 4.54. The van der Waals surface area contributed by atoms with E-state index in [4.69, 9.17) is 4.99 Å². The molecule has 4 rings (SSSR count). The molecule has 1 aromatic heterocycles. The van der Waals surface area contributed by atoms with Gasteiger partial charge in [0.1, 0.15) is 5.84 Å². The van der Waals surface area contributed by atoms with Gasteiger partial charge in [-0.3, -0.25) is 14.7 Å². The average Bonchev–Trinajstić information content (AvgIpc) is 3.53. The smallest absolute Gasteiger partial charge is 0.215 e. The van der Waals surface area contributed by atoms with Crippen LogP contribution in [0.25, 0.3) is 22.5 Å². The van der Waals surface area contributed by atoms with E-state index < -0.39 is 0 Å². The first-order valence-electron chi connectivity index (χ1n) is 11.8. The molecule has 0 atom stereocenters. The molecule has 1 heterocycles. The molecule has 7 nitrogen and oxygen atoms in total. The van der Waals surface area contributed by atoms with Crippen molar-refractivity contribution in [3.05, 3.63) is 54.1 Å². The molecule has 3 aromatic rings. The van der Waals surface area contributed by atoms with Crippen LogP contribution in [0.1, 0.15) is 64.4 Å². The third-order valence-corrected chi connectivity index (χ3v) is 6.42. The molecule has 7 heteroatoms. The number of aromatic amines is 1. The van der Waals surface area contributed by atoms with E-state index >= 15 is 0 Å². The van der Waals surface area contributed by atoms with E-state index in [2.05, 4.69) is 64.8 Å². The van der Waals surface area contributed by atoms with Crippen molar-refractivity contribution in [2.45, 2.75) is 70.9 Å². The van der Waals surface area contributed by atoms with Crippen LogP contribution >= 0.6 is 0 Å². The van der Waals surface area contributed by atoms with E-state index in [-0.39, 0.29) is 5.54 Å². The van der Waals surface area contributed by atoms with Crippen LogP contribution < -0.4 is 0 Å². The first-order valence-corrected chi connectivity index (χ1v) is 11.8. The predicted molar refractivity (Wildman–Crippen MR) is 130 cm³/mol. The Morgan fingerprint density at radius 2 is 1.85 bits per heavy atom. The van der Waals surface area contributed by atoms with Crippen molar-refractivity contribution in [1.29, 1.82) is 0 Å². The lowest BCUT2D eigenvalue weighted by Crippen LogP contribution is -2.32. The molecule has 33 heavy (non-hydrogen) atoms. The summed E-state index contributed by atoms with van der Waals surface area (Å²) in [6.45, 7) is 4.92. The maximum absolute atomic E-state index is 12.1. The number of hydrogen-bond acceptors (Lipinski definition) is 5. The van der Waals surface area contributed by atoms with Gasteiger partial charge in [0.2, 0.25) is 12.2 Å². The number of aliphatic imine (C=N–C) groups is 1. The van der Waals surface area contributed by atoms with Gasteiger partial charge in [-0.15, -0.1) is 10.2 Å². The molecule has 172 valence electrons. The molecule has 1 saturated carbocycles. The van der Waals surface area contributed by atoms with Crippen molar-refractivity contribution in [1.82, 2.24) is 25.5 Å². The summed E-state index contributed by atoms with van der Waals surface area (Å²) in [5.41, 5.74) is 4.07. The SMILES string of the molecule is CCCCC(=NC1(C)CCCC1)N(C=O)Cc1ccc(-c2ccccc2-c2nn[nH]n2)cc1. The van der Waals surface area contributed by atoms with Gasteiger partial charge in [-0.05, 0) is 48.1 Å². The van der Waals surface area contributed by atoms with Crippen LogP contribution in [0.15, 0.2) is 53.5 Å². The Morgan fingerprint density at radius 3 is 2.48 bits per heavy atom. The number of rotatable bonds is 9. The lowest BCUT2D eigenvalue weighted by molar-refractivity contribution is -0.115. The van der Waals surface area contributed by atoms with Gasteiger partial charge >= 0.3 is 0 Å². The Kier molecular flexibility index (Phi) is 7.27. The van der Waals surface area contributed by atoms with Crippen molar-refractivity contribution < 1.29 is 4.79 Å². The largest absolute Gasteiger partial charge is 0.299 e. The van der Waals surface area contributed by atoms with E-state index in [0.29, 0.717) is 12.4 Å². The number of tetrazole rings is 1.